The summed E-state index contributed by atoms with van der Waals surface area (Å²) in [6.07, 6.45) is 1.48. The van der Waals surface area contributed by atoms with Crippen molar-refractivity contribution in [3.8, 4) is 0 Å². The topological polar surface area (TPSA) is 83.7 Å². The Bertz CT molecular complexity index is 518. The molecule has 6 heteroatoms. The lowest BCUT2D eigenvalue weighted by Crippen LogP contribution is -2.40. The maximum absolute atomic E-state index is 11.1. The molecule has 20 heavy (non-hydrogen) atoms. The van der Waals surface area contributed by atoms with Gasteiger partial charge in [0, 0.05) is 24.2 Å². The Morgan fingerprint density at radius 1 is 1.50 bits per heavy atom. The van der Waals surface area contributed by atoms with Crippen molar-refractivity contribution in [2.75, 3.05) is 13.1 Å². The summed E-state index contributed by atoms with van der Waals surface area (Å²) in [6, 6.07) is 6.50. The predicted octanol–water partition coefficient (Wildman–Crippen LogP) is 2.45. The molecule has 0 bridgehead atoms. The number of para-hydroxylation sites is 1. The lowest BCUT2D eigenvalue weighted by molar-refractivity contribution is -0.386. The van der Waals surface area contributed by atoms with Gasteiger partial charge in [0.05, 0.1) is 10.8 Å². The maximum Gasteiger partial charge on any atom is 0.307 e. The minimum absolute atomic E-state index is 0.0949. The van der Waals surface area contributed by atoms with Crippen LogP contribution in [0.3, 0.4) is 0 Å². The van der Waals surface area contributed by atoms with Crippen LogP contribution in [0.1, 0.15) is 31.4 Å². The molecule has 2 atom stereocenters. The van der Waals surface area contributed by atoms with Crippen molar-refractivity contribution in [2.24, 2.45) is 5.92 Å². The maximum atomic E-state index is 11.1. The van der Waals surface area contributed by atoms with Crippen molar-refractivity contribution in [2.45, 2.75) is 25.8 Å². The molecule has 1 saturated heterocycles. The summed E-state index contributed by atoms with van der Waals surface area (Å²) in [5.41, 5.74) is 0.737. The molecule has 1 fully saturated rings. The van der Waals surface area contributed by atoms with Crippen LogP contribution >= 0.6 is 0 Å². The van der Waals surface area contributed by atoms with Crippen LogP contribution in [-0.2, 0) is 4.79 Å². The number of benzene rings is 1. The van der Waals surface area contributed by atoms with Gasteiger partial charge in [0.25, 0.3) is 5.69 Å². The number of carbonyl (C=O) groups is 1. The first-order valence-corrected chi connectivity index (χ1v) is 6.71. The second-order valence-electron chi connectivity index (χ2n) is 5.16. The molecule has 0 amide bonds. The van der Waals surface area contributed by atoms with Gasteiger partial charge >= 0.3 is 5.97 Å². The lowest BCUT2D eigenvalue weighted by atomic mass is 9.95. The molecule has 2 unspecified atom stereocenters. The molecular weight excluding hydrogens is 260 g/mol. The summed E-state index contributed by atoms with van der Waals surface area (Å²) in [6.45, 7) is 3.12. The van der Waals surface area contributed by atoms with Crippen molar-refractivity contribution in [1.29, 1.82) is 0 Å². The number of aliphatic carboxylic acids is 1. The van der Waals surface area contributed by atoms with Gasteiger partial charge in [0.15, 0.2) is 0 Å². The average molecular weight is 278 g/mol. The highest BCUT2D eigenvalue weighted by Crippen LogP contribution is 2.31. The van der Waals surface area contributed by atoms with Gasteiger partial charge in [-0.3, -0.25) is 19.8 Å². The number of piperidine rings is 1. The number of likely N-dealkylation sites (tertiary alicyclic amines) is 1. The Hall–Kier alpha value is -1.95. The predicted molar refractivity (Wildman–Crippen MR) is 73.4 cm³/mol. The fourth-order valence-electron chi connectivity index (χ4n) is 2.76. The molecule has 0 radical (unpaired) electrons. The standard InChI is InChI=1S/C14H18N2O4/c1-10(12-6-2-3-7-13(12)16(19)20)15-8-4-5-11(9-15)14(17)18/h2-3,6-7,10-11H,4-5,8-9H2,1H3,(H,17,18). The first kappa shape index (κ1) is 14.5. The first-order valence-electron chi connectivity index (χ1n) is 6.71. The van der Waals surface area contributed by atoms with Crippen LogP contribution in [-0.4, -0.2) is 34.0 Å². The van der Waals surface area contributed by atoms with E-state index in [0.717, 1.165) is 13.0 Å². The zero-order valence-corrected chi connectivity index (χ0v) is 11.4. The molecule has 1 N–H and O–H groups in total. The smallest absolute Gasteiger partial charge is 0.307 e. The summed E-state index contributed by atoms with van der Waals surface area (Å²) >= 11 is 0. The fraction of sp³-hybridized carbons (Fsp3) is 0.500. The van der Waals surface area contributed by atoms with Crippen LogP contribution in [0.15, 0.2) is 24.3 Å². The molecule has 0 aliphatic carbocycles. The summed E-state index contributed by atoms with van der Waals surface area (Å²) in [5.74, 6) is -1.17. The molecule has 0 saturated carbocycles. The van der Waals surface area contributed by atoms with Crippen LogP contribution < -0.4 is 0 Å². The van der Waals surface area contributed by atoms with Crippen molar-refractivity contribution in [1.82, 2.24) is 4.90 Å². The van der Waals surface area contributed by atoms with Crippen LogP contribution in [0.2, 0.25) is 0 Å². The minimum Gasteiger partial charge on any atom is -0.481 e. The molecule has 0 spiro atoms. The second-order valence-corrected chi connectivity index (χ2v) is 5.16. The second kappa shape index (κ2) is 6.00. The van der Waals surface area contributed by atoms with E-state index in [9.17, 15) is 14.9 Å². The number of hydrogen-bond donors (Lipinski definition) is 1. The van der Waals surface area contributed by atoms with Gasteiger partial charge in [-0.25, -0.2) is 0 Å². The van der Waals surface area contributed by atoms with Crippen molar-refractivity contribution in [3.63, 3.8) is 0 Å². The number of carboxylic acids is 1. The Labute approximate surface area is 117 Å². The van der Waals surface area contributed by atoms with Gasteiger partial charge in [-0.1, -0.05) is 18.2 Å². The van der Waals surface area contributed by atoms with Crippen LogP contribution in [0.5, 0.6) is 0 Å². The van der Waals surface area contributed by atoms with E-state index in [0.29, 0.717) is 18.5 Å². The van der Waals surface area contributed by atoms with Gasteiger partial charge in [0.2, 0.25) is 0 Å². The van der Waals surface area contributed by atoms with E-state index in [1.807, 2.05) is 11.8 Å². The molecule has 1 aromatic carbocycles. The van der Waals surface area contributed by atoms with Gasteiger partial charge < -0.3 is 5.11 Å². The Balaban J connectivity index is 2.21. The van der Waals surface area contributed by atoms with E-state index in [2.05, 4.69) is 0 Å². The summed E-state index contributed by atoms with van der Waals surface area (Å²) < 4.78 is 0. The quantitative estimate of drug-likeness (QED) is 0.675. The summed E-state index contributed by atoms with van der Waals surface area (Å²) in [7, 11) is 0. The van der Waals surface area contributed by atoms with E-state index < -0.39 is 5.97 Å². The lowest BCUT2D eigenvalue weighted by Gasteiger charge is -2.35. The molecule has 1 aliphatic rings. The Morgan fingerprint density at radius 2 is 2.20 bits per heavy atom. The van der Waals surface area contributed by atoms with E-state index >= 15 is 0 Å². The molecular formula is C14H18N2O4. The van der Waals surface area contributed by atoms with Crippen molar-refractivity contribution in [3.05, 3.63) is 39.9 Å². The molecule has 0 aromatic heterocycles. The van der Waals surface area contributed by atoms with Crippen molar-refractivity contribution >= 4 is 11.7 Å². The van der Waals surface area contributed by atoms with E-state index in [1.165, 1.54) is 6.07 Å². The normalized spacial score (nSPS) is 21.4. The molecule has 1 aromatic rings. The number of nitro groups is 1. The SMILES string of the molecule is CC(c1ccccc1[N+](=O)[O-])N1CCCC(C(=O)O)C1. The Morgan fingerprint density at radius 3 is 2.85 bits per heavy atom. The van der Waals surface area contributed by atoms with E-state index in [4.69, 9.17) is 5.11 Å². The number of carboxylic acid groups (broad SMARTS) is 1. The van der Waals surface area contributed by atoms with Gasteiger partial charge in [-0.15, -0.1) is 0 Å². The number of rotatable bonds is 4. The highest BCUT2D eigenvalue weighted by Gasteiger charge is 2.30. The molecule has 6 nitrogen and oxygen atoms in total. The molecule has 1 aliphatic heterocycles. The number of nitro benzene ring substituents is 1. The van der Waals surface area contributed by atoms with Gasteiger partial charge in [0.1, 0.15) is 0 Å². The summed E-state index contributed by atoms with van der Waals surface area (Å²) in [5, 5.41) is 20.2. The summed E-state index contributed by atoms with van der Waals surface area (Å²) in [4.78, 5) is 23.8. The van der Waals surface area contributed by atoms with Crippen LogP contribution in [0, 0.1) is 16.0 Å². The molecule has 1 heterocycles. The van der Waals surface area contributed by atoms with Crippen molar-refractivity contribution < 1.29 is 14.8 Å². The molecule has 2 rings (SSSR count). The first-order chi connectivity index (χ1) is 9.50. The Kier molecular flexibility index (Phi) is 4.34. The number of nitrogens with zero attached hydrogens (tertiary/aromatic N) is 2. The third kappa shape index (κ3) is 2.96. The average Bonchev–Trinajstić information content (AvgIpc) is 2.46. The van der Waals surface area contributed by atoms with E-state index in [1.54, 1.807) is 18.2 Å². The van der Waals surface area contributed by atoms with E-state index in [-0.39, 0.29) is 22.6 Å². The third-order valence-electron chi connectivity index (χ3n) is 3.93. The monoisotopic (exact) mass is 278 g/mol. The third-order valence-corrected chi connectivity index (χ3v) is 3.93. The molecule has 108 valence electrons. The fourth-order valence-corrected chi connectivity index (χ4v) is 2.76. The van der Waals surface area contributed by atoms with Gasteiger partial charge in [-0.2, -0.15) is 0 Å². The number of hydrogen-bond acceptors (Lipinski definition) is 4. The van der Waals surface area contributed by atoms with Gasteiger partial charge in [-0.05, 0) is 26.3 Å². The highest BCUT2D eigenvalue weighted by atomic mass is 16.6. The largest absolute Gasteiger partial charge is 0.481 e. The zero-order chi connectivity index (χ0) is 14.7. The van der Waals surface area contributed by atoms with Crippen LogP contribution in [0.25, 0.3) is 0 Å². The van der Waals surface area contributed by atoms with Crippen LogP contribution in [0.4, 0.5) is 5.69 Å². The zero-order valence-electron chi connectivity index (χ0n) is 11.4. The highest BCUT2D eigenvalue weighted by molar-refractivity contribution is 5.70. The minimum atomic E-state index is -0.788.